The number of amides is 1. The van der Waals surface area contributed by atoms with E-state index in [1.165, 1.54) is 0 Å². The first-order chi connectivity index (χ1) is 9.90. The smallest absolute Gasteiger partial charge is 0.254 e. The van der Waals surface area contributed by atoms with Crippen LogP contribution < -0.4 is 5.73 Å². The first-order valence-corrected chi connectivity index (χ1v) is 7.10. The second-order valence-corrected chi connectivity index (χ2v) is 5.58. The summed E-state index contributed by atoms with van der Waals surface area (Å²) < 4.78 is 0. The molecule has 0 aromatic heterocycles. The molecule has 2 rings (SSSR count). The minimum atomic E-state index is -0.0269. The molecule has 3 nitrogen and oxygen atoms in total. The maximum Gasteiger partial charge on any atom is 0.254 e. The number of nitrogens with zero attached hydrogens (tertiary/aromatic N) is 1. The van der Waals surface area contributed by atoms with Gasteiger partial charge >= 0.3 is 0 Å². The van der Waals surface area contributed by atoms with Crippen LogP contribution in [0.5, 0.6) is 0 Å². The Hall–Kier alpha value is -2.29. The zero-order valence-corrected chi connectivity index (χ0v) is 13.1. The van der Waals surface area contributed by atoms with Crippen molar-refractivity contribution in [2.45, 2.75) is 26.8 Å². The van der Waals surface area contributed by atoms with Gasteiger partial charge in [-0.1, -0.05) is 29.8 Å². The highest BCUT2D eigenvalue weighted by Gasteiger charge is 2.20. The zero-order valence-electron chi connectivity index (χ0n) is 13.1. The summed E-state index contributed by atoms with van der Waals surface area (Å²) in [6, 6.07) is 13.6. The van der Waals surface area contributed by atoms with Crippen molar-refractivity contribution in [3.63, 3.8) is 0 Å². The number of rotatable bonds is 3. The van der Waals surface area contributed by atoms with Crippen LogP contribution in [-0.2, 0) is 0 Å². The van der Waals surface area contributed by atoms with Crippen LogP contribution in [0.25, 0.3) is 0 Å². The molecule has 0 heterocycles. The van der Waals surface area contributed by atoms with Gasteiger partial charge in [0.2, 0.25) is 0 Å². The molecule has 110 valence electrons. The van der Waals surface area contributed by atoms with Gasteiger partial charge in [-0.2, -0.15) is 0 Å². The molecule has 0 aliphatic carbocycles. The lowest BCUT2D eigenvalue weighted by molar-refractivity contribution is 0.0742. The van der Waals surface area contributed by atoms with E-state index in [-0.39, 0.29) is 11.9 Å². The van der Waals surface area contributed by atoms with Crippen molar-refractivity contribution in [2.75, 3.05) is 12.8 Å². The summed E-state index contributed by atoms with van der Waals surface area (Å²) in [4.78, 5) is 14.5. The summed E-state index contributed by atoms with van der Waals surface area (Å²) in [6.07, 6.45) is 0. The molecular formula is C18H22N2O. The molecule has 0 bridgehead atoms. The van der Waals surface area contributed by atoms with Gasteiger partial charge in [0.15, 0.2) is 0 Å². The lowest BCUT2D eigenvalue weighted by Crippen LogP contribution is -2.30. The van der Waals surface area contributed by atoms with Gasteiger partial charge in [0, 0.05) is 18.3 Å². The molecule has 2 N–H and O–H groups in total. The summed E-state index contributed by atoms with van der Waals surface area (Å²) in [5.41, 5.74) is 10.4. The molecular weight excluding hydrogens is 260 g/mol. The first kappa shape index (κ1) is 15.1. The third-order valence-corrected chi connectivity index (χ3v) is 3.92. The van der Waals surface area contributed by atoms with Crippen LogP contribution in [0, 0.1) is 13.8 Å². The Kier molecular flexibility index (Phi) is 4.32. The number of carbonyl (C=O) groups is 1. The van der Waals surface area contributed by atoms with Crippen molar-refractivity contribution in [2.24, 2.45) is 0 Å². The number of nitrogens with two attached hydrogens (primary N) is 1. The van der Waals surface area contributed by atoms with Crippen molar-refractivity contribution >= 4 is 11.6 Å². The Balaban J connectivity index is 2.28. The summed E-state index contributed by atoms with van der Waals surface area (Å²) in [5.74, 6) is 0.0334. The van der Waals surface area contributed by atoms with Gasteiger partial charge in [0.25, 0.3) is 5.91 Å². The van der Waals surface area contributed by atoms with E-state index in [1.807, 2.05) is 70.3 Å². The summed E-state index contributed by atoms with van der Waals surface area (Å²) in [6.45, 7) is 5.97. The average molecular weight is 282 g/mol. The van der Waals surface area contributed by atoms with Crippen LogP contribution in [0.15, 0.2) is 42.5 Å². The average Bonchev–Trinajstić information content (AvgIpc) is 2.47. The maximum absolute atomic E-state index is 12.7. The quantitative estimate of drug-likeness (QED) is 0.872. The minimum Gasteiger partial charge on any atom is -0.399 e. The molecule has 1 amide bonds. The molecule has 0 fully saturated rings. The van der Waals surface area contributed by atoms with Crippen LogP contribution in [0.1, 0.15) is 40.0 Å². The third-order valence-electron chi connectivity index (χ3n) is 3.92. The fourth-order valence-electron chi connectivity index (χ4n) is 2.37. The first-order valence-electron chi connectivity index (χ1n) is 7.10. The van der Waals surface area contributed by atoms with E-state index in [2.05, 4.69) is 0 Å². The van der Waals surface area contributed by atoms with E-state index >= 15 is 0 Å². The van der Waals surface area contributed by atoms with E-state index in [4.69, 9.17) is 5.73 Å². The molecule has 3 heteroatoms. The van der Waals surface area contributed by atoms with Crippen LogP contribution in [0.4, 0.5) is 5.69 Å². The van der Waals surface area contributed by atoms with Gasteiger partial charge in [-0.3, -0.25) is 4.79 Å². The number of nitrogen functional groups attached to an aromatic ring is 1. The highest BCUT2D eigenvalue weighted by molar-refractivity contribution is 5.96. The monoisotopic (exact) mass is 282 g/mol. The van der Waals surface area contributed by atoms with E-state index < -0.39 is 0 Å². The molecule has 0 saturated heterocycles. The maximum atomic E-state index is 12.7. The lowest BCUT2D eigenvalue weighted by Gasteiger charge is -2.26. The normalized spacial score (nSPS) is 12.0. The number of aryl methyl sites for hydroxylation is 2. The van der Waals surface area contributed by atoms with Gasteiger partial charge in [-0.05, 0) is 50.1 Å². The molecule has 1 unspecified atom stereocenters. The molecule has 2 aromatic rings. The van der Waals surface area contributed by atoms with Gasteiger partial charge in [-0.15, -0.1) is 0 Å². The zero-order chi connectivity index (χ0) is 15.6. The summed E-state index contributed by atoms with van der Waals surface area (Å²) in [7, 11) is 1.83. The van der Waals surface area contributed by atoms with Crippen molar-refractivity contribution < 1.29 is 4.79 Å². The van der Waals surface area contributed by atoms with E-state index in [0.717, 1.165) is 22.3 Å². The van der Waals surface area contributed by atoms with Gasteiger partial charge < -0.3 is 10.6 Å². The van der Waals surface area contributed by atoms with Crippen molar-refractivity contribution in [1.82, 2.24) is 4.90 Å². The van der Waals surface area contributed by atoms with Crippen LogP contribution in [0.2, 0.25) is 0 Å². The Labute approximate surface area is 126 Å². The third kappa shape index (κ3) is 3.24. The predicted molar refractivity (Wildman–Crippen MR) is 87.3 cm³/mol. The lowest BCUT2D eigenvalue weighted by atomic mass is 10.0. The van der Waals surface area contributed by atoms with Gasteiger partial charge in [-0.25, -0.2) is 0 Å². The number of carbonyl (C=O) groups excluding carboxylic acids is 1. The highest BCUT2D eigenvalue weighted by atomic mass is 16.2. The second-order valence-electron chi connectivity index (χ2n) is 5.58. The molecule has 0 aliphatic rings. The highest BCUT2D eigenvalue weighted by Crippen LogP contribution is 2.23. The molecule has 1 atom stereocenters. The van der Waals surface area contributed by atoms with Crippen LogP contribution in [0.3, 0.4) is 0 Å². The van der Waals surface area contributed by atoms with Crippen molar-refractivity contribution in [1.29, 1.82) is 0 Å². The van der Waals surface area contributed by atoms with E-state index in [1.54, 1.807) is 4.90 Å². The molecule has 0 radical (unpaired) electrons. The largest absolute Gasteiger partial charge is 0.399 e. The number of benzene rings is 2. The molecule has 2 aromatic carbocycles. The SMILES string of the molecule is Cc1ccc(C)c(C(=O)N(C)C(C)c2cccc(N)c2)c1. The van der Waals surface area contributed by atoms with Gasteiger partial charge in [0.05, 0.1) is 6.04 Å². The topological polar surface area (TPSA) is 46.3 Å². The Morgan fingerprint density at radius 1 is 1.14 bits per heavy atom. The van der Waals surface area contributed by atoms with E-state index in [9.17, 15) is 4.79 Å². The Morgan fingerprint density at radius 2 is 1.86 bits per heavy atom. The minimum absolute atomic E-state index is 0.0269. The van der Waals surface area contributed by atoms with E-state index in [0.29, 0.717) is 5.69 Å². The van der Waals surface area contributed by atoms with Crippen molar-refractivity contribution in [3.8, 4) is 0 Å². The Morgan fingerprint density at radius 3 is 2.52 bits per heavy atom. The molecule has 0 saturated carbocycles. The number of anilines is 1. The molecule has 0 aliphatic heterocycles. The fraction of sp³-hybridized carbons (Fsp3) is 0.278. The molecule has 0 spiro atoms. The van der Waals surface area contributed by atoms with Crippen molar-refractivity contribution in [3.05, 3.63) is 64.7 Å². The molecule has 21 heavy (non-hydrogen) atoms. The van der Waals surface area contributed by atoms with Gasteiger partial charge in [0.1, 0.15) is 0 Å². The Bertz CT molecular complexity index is 664. The standard InChI is InChI=1S/C18H22N2O/c1-12-8-9-13(2)17(10-12)18(21)20(4)14(3)15-6-5-7-16(19)11-15/h5-11,14H,19H2,1-4H3. The number of hydrogen-bond acceptors (Lipinski definition) is 2. The summed E-state index contributed by atoms with van der Waals surface area (Å²) in [5, 5.41) is 0. The second kappa shape index (κ2) is 6.00. The van der Waals surface area contributed by atoms with Crippen LogP contribution >= 0.6 is 0 Å². The number of hydrogen-bond donors (Lipinski definition) is 1. The predicted octanol–water partition coefficient (Wildman–Crippen LogP) is 3.72. The van der Waals surface area contributed by atoms with Crippen LogP contribution in [-0.4, -0.2) is 17.9 Å². The fourth-order valence-corrected chi connectivity index (χ4v) is 2.37. The summed E-state index contributed by atoms with van der Waals surface area (Å²) >= 11 is 0.